The van der Waals surface area contributed by atoms with Gasteiger partial charge in [0.15, 0.2) is 0 Å². The molecule has 11 aromatic carbocycles. The molecule has 14 rings (SSSR count). The highest BCUT2D eigenvalue weighted by Gasteiger charge is 2.26. The first kappa shape index (κ1) is 38.9. The molecule has 0 bridgehead atoms. The van der Waals surface area contributed by atoms with Crippen LogP contribution < -0.4 is 0 Å². The first-order chi connectivity index (χ1) is 34.2. The van der Waals surface area contributed by atoms with E-state index in [4.69, 9.17) is 0 Å². The number of nitrogens with zero attached hydrogens (tertiary/aromatic N) is 2. The summed E-state index contributed by atoms with van der Waals surface area (Å²) in [6.07, 6.45) is 0. The van der Waals surface area contributed by atoms with Gasteiger partial charge in [0.25, 0.3) is 0 Å². The number of para-hydroxylation sites is 2. The summed E-state index contributed by atoms with van der Waals surface area (Å²) in [6, 6.07) is 91.1. The van der Waals surface area contributed by atoms with Gasteiger partial charge < -0.3 is 4.57 Å². The van der Waals surface area contributed by atoms with Crippen LogP contribution in [0.15, 0.2) is 243 Å². The van der Waals surface area contributed by atoms with E-state index in [1.807, 2.05) is 6.07 Å². The highest BCUT2D eigenvalue weighted by atomic mass is 15.0. The third kappa shape index (κ3) is 6.05. The van der Waals surface area contributed by atoms with Gasteiger partial charge in [-0.3, -0.25) is 0 Å². The van der Waals surface area contributed by atoms with E-state index in [2.05, 4.69) is 247 Å². The summed E-state index contributed by atoms with van der Waals surface area (Å²) in [5.41, 5.74) is 27.6. The van der Waals surface area contributed by atoms with Crippen molar-refractivity contribution >= 4 is 21.8 Å². The first-order valence-electron chi connectivity index (χ1n) is 23.6. The van der Waals surface area contributed by atoms with Gasteiger partial charge in [0.05, 0.1) is 22.7 Å². The van der Waals surface area contributed by atoms with E-state index in [-0.39, 0.29) is 0 Å². The van der Waals surface area contributed by atoms with E-state index >= 15 is 0 Å². The zero-order valence-corrected chi connectivity index (χ0v) is 37.5. The minimum absolute atomic E-state index is 0.639. The van der Waals surface area contributed by atoms with Gasteiger partial charge in [-0.25, -0.2) is 0 Å². The third-order valence-electron chi connectivity index (χ3n) is 14.6. The molecule has 12 aromatic rings. The van der Waals surface area contributed by atoms with Gasteiger partial charge in [0.1, 0.15) is 0 Å². The summed E-state index contributed by atoms with van der Waals surface area (Å²) in [6.45, 7) is 0. The van der Waals surface area contributed by atoms with Crippen molar-refractivity contribution in [2.75, 3.05) is 0 Å². The summed E-state index contributed by atoms with van der Waals surface area (Å²) in [7, 11) is 0. The number of benzene rings is 11. The minimum atomic E-state index is 0.639. The Balaban J connectivity index is 0.939. The van der Waals surface area contributed by atoms with Crippen LogP contribution in [-0.4, -0.2) is 4.57 Å². The topological polar surface area (TPSA) is 28.7 Å². The van der Waals surface area contributed by atoms with E-state index < -0.39 is 0 Å². The average molecular weight is 873 g/mol. The molecule has 0 unspecified atom stereocenters. The second kappa shape index (κ2) is 15.4. The number of aromatic nitrogens is 1. The Labute approximate surface area is 400 Å². The quantitative estimate of drug-likeness (QED) is 0.174. The van der Waals surface area contributed by atoms with Gasteiger partial charge in [-0.15, -0.1) is 0 Å². The van der Waals surface area contributed by atoms with Gasteiger partial charge in [-0.2, -0.15) is 5.26 Å². The summed E-state index contributed by atoms with van der Waals surface area (Å²) in [4.78, 5) is 0. The summed E-state index contributed by atoms with van der Waals surface area (Å²) >= 11 is 0. The Hall–Kier alpha value is -9.29. The highest BCUT2D eigenvalue weighted by molar-refractivity contribution is 6.10. The summed E-state index contributed by atoms with van der Waals surface area (Å²) in [5, 5.41) is 12.7. The maximum absolute atomic E-state index is 10.3. The molecule has 2 nitrogen and oxygen atoms in total. The first-order valence-corrected chi connectivity index (χ1v) is 23.6. The van der Waals surface area contributed by atoms with E-state index in [0.717, 1.165) is 61.3 Å². The summed E-state index contributed by atoms with van der Waals surface area (Å²) in [5.74, 6) is 0. The lowest BCUT2D eigenvalue weighted by molar-refractivity contribution is 1.18. The Kier molecular flexibility index (Phi) is 8.68. The molecule has 1 aromatic heterocycles. The Morgan fingerprint density at radius 3 is 1.04 bits per heavy atom. The van der Waals surface area contributed by atoms with Crippen LogP contribution in [0.4, 0.5) is 0 Å². The van der Waals surface area contributed by atoms with Crippen molar-refractivity contribution < 1.29 is 0 Å². The average Bonchev–Trinajstić information content (AvgIpc) is 3.76. The van der Waals surface area contributed by atoms with Crippen molar-refractivity contribution in [3.05, 3.63) is 248 Å². The van der Waals surface area contributed by atoms with Crippen molar-refractivity contribution in [2.45, 2.75) is 0 Å². The summed E-state index contributed by atoms with van der Waals surface area (Å²) < 4.78 is 2.40. The van der Waals surface area contributed by atoms with Crippen LogP contribution in [0.1, 0.15) is 5.56 Å². The molecular weight excluding hydrogens is 833 g/mol. The molecule has 2 heteroatoms. The van der Waals surface area contributed by atoms with E-state index in [1.165, 1.54) is 77.4 Å². The molecule has 318 valence electrons. The molecule has 0 N–H and O–H groups in total. The predicted molar refractivity (Wildman–Crippen MR) is 287 cm³/mol. The van der Waals surface area contributed by atoms with Crippen molar-refractivity contribution in [1.29, 1.82) is 5.26 Å². The lowest BCUT2D eigenvalue weighted by Gasteiger charge is -2.25. The van der Waals surface area contributed by atoms with E-state index in [1.54, 1.807) is 0 Å². The van der Waals surface area contributed by atoms with Crippen molar-refractivity contribution in [2.24, 2.45) is 0 Å². The Morgan fingerprint density at radius 2 is 0.580 bits per heavy atom. The molecular formula is C67H40N2. The minimum Gasteiger partial charge on any atom is -0.309 e. The van der Waals surface area contributed by atoms with Crippen LogP contribution in [0, 0.1) is 11.3 Å². The fourth-order valence-corrected chi connectivity index (χ4v) is 11.5. The number of hydrogen-bond acceptors (Lipinski definition) is 1. The zero-order valence-electron chi connectivity index (χ0n) is 37.5. The maximum Gasteiger partial charge on any atom is 0.0991 e. The molecule has 0 spiro atoms. The molecule has 2 aliphatic carbocycles. The Bertz CT molecular complexity index is 4100. The van der Waals surface area contributed by atoms with Crippen LogP contribution in [0.3, 0.4) is 0 Å². The van der Waals surface area contributed by atoms with Gasteiger partial charge in [0, 0.05) is 16.5 Å². The number of rotatable bonds is 3. The van der Waals surface area contributed by atoms with Crippen LogP contribution in [0.25, 0.3) is 139 Å². The molecule has 69 heavy (non-hydrogen) atoms. The van der Waals surface area contributed by atoms with E-state index in [0.29, 0.717) is 5.56 Å². The fraction of sp³-hybridized carbons (Fsp3) is 0. The van der Waals surface area contributed by atoms with Gasteiger partial charge >= 0.3 is 0 Å². The molecule has 0 saturated heterocycles. The smallest absolute Gasteiger partial charge is 0.0991 e. The normalized spacial score (nSPS) is 11.8. The number of hydrogen-bond donors (Lipinski definition) is 0. The number of nitriles is 1. The lowest BCUT2D eigenvalue weighted by atomic mass is 9.79. The highest BCUT2D eigenvalue weighted by Crippen LogP contribution is 2.51. The van der Waals surface area contributed by atoms with Crippen molar-refractivity contribution in [1.82, 2.24) is 4.57 Å². The lowest BCUT2D eigenvalue weighted by Crippen LogP contribution is -2.00. The van der Waals surface area contributed by atoms with Crippen LogP contribution in [0.2, 0.25) is 0 Å². The largest absolute Gasteiger partial charge is 0.309 e. The maximum atomic E-state index is 10.3. The molecule has 0 amide bonds. The van der Waals surface area contributed by atoms with Gasteiger partial charge in [-0.1, -0.05) is 188 Å². The molecule has 0 atom stereocenters. The monoisotopic (exact) mass is 872 g/mol. The molecule has 0 aliphatic heterocycles. The van der Waals surface area contributed by atoms with Crippen molar-refractivity contribution in [3.8, 4) is 123 Å². The van der Waals surface area contributed by atoms with Crippen LogP contribution in [-0.2, 0) is 0 Å². The standard InChI is InChI=1S/C67H40N2/c68-41-42-28-32-59-62(36-42)54-22-7-8-23-55(54)65-40-47(69-66-26-11-9-24-60(66)61-25-10-12-27-67(61)69)31-35-58(65)57-34-30-46(39-64(57)59)44-15-13-14-43(37-44)45-29-33-56-52-20-4-3-18-50(52)48-16-1-2-17-49(48)51-19-5-6-21-53(51)63(56)38-45/h1-40H. The molecule has 2 aliphatic rings. The van der Waals surface area contributed by atoms with Crippen LogP contribution >= 0.6 is 0 Å². The SMILES string of the molecule is N#Cc1ccc2c(c1)-c1ccccc1-c1cc(-n3c4ccccc4c4ccccc43)ccc1-c1ccc(-c3cccc(-c4ccc5c(c4)-c4ccccc4-c4ccccc4-c4ccccc4-5)c3)cc1-2. The number of fused-ring (bicyclic) bond motifs is 19. The Morgan fingerprint density at radius 1 is 0.246 bits per heavy atom. The van der Waals surface area contributed by atoms with Crippen LogP contribution in [0.5, 0.6) is 0 Å². The predicted octanol–water partition coefficient (Wildman–Crippen LogP) is 18.0. The molecule has 0 fully saturated rings. The van der Waals surface area contributed by atoms with E-state index in [9.17, 15) is 5.26 Å². The zero-order chi connectivity index (χ0) is 45.6. The molecule has 0 saturated carbocycles. The van der Waals surface area contributed by atoms with Crippen molar-refractivity contribution in [3.63, 3.8) is 0 Å². The van der Waals surface area contributed by atoms with Gasteiger partial charge in [0.2, 0.25) is 0 Å². The van der Waals surface area contributed by atoms with Gasteiger partial charge in [-0.05, 0) is 166 Å². The second-order valence-electron chi connectivity index (χ2n) is 18.3. The fourth-order valence-electron chi connectivity index (χ4n) is 11.5. The molecule has 1 heterocycles. The second-order valence-corrected chi connectivity index (χ2v) is 18.3. The third-order valence-corrected chi connectivity index (χ3v) is 14.6. The molecule has 0 radical (unpaired) electrons.